The lowest BCUT2D eigenvalue weighted by atomic mass is 9.94. The molecular weight excluding hydrogens is 428 g/mol. The fourth-order valence-corrected chi connectivity index (χ4v) is 4.60. The lowest BCUT2D eigenvalue weighted by Gasteiger charge is -2.25. The molecule has 4 aromatic rings. The molecular formula is C28H24N2O4. The van der Waals surface area contributed by atoms with E-state index < -0.39 is 17.7 Å². The Morgan fingerprint density at radius 3 is 2.53 bits per heavy atom. The number of para-hydroxylation sites is 1. The zero-order valence-corrected chi connectivity index (χ0v) is 18.7. The van der Waals surface area contributed by atoms with Gasteiger partial charge in [0, 0.05) is 29.2 Å². The summed E-state index contributed by atoms with van der Waals surface area (Å²) >= 11 is 0. The average molecular weight is 453 g/mol. The molecule has 0 radical (unpaired) electrons. The first kappa shape index (κ1) is 21.5. The van der Waals surface area contributed by atoms with Crippen LogP contribution in [0.4, 0.5) is 0 Å². The number of aromatic amines is 1. The first-order valence-electron chi connectivity index (χ1n) is 11.1. The SMILES string of the molecule is Cc1ccc(C(O)=C2C(=O)C(=O)N(CCc3c[nH]c4ccccc34)C2c2cccc(O)c2)cc1. The highest BCUT2D eigenvalue weighted by Crippen LogP contribution is 2.40. The number of hydrogen-bond acceptors (Lipinski definition) is 4. The predicted molar refractivity (Wildman–Crippen MR) is 130 cm³/mol. The lowest BCUT2D eigenvalue weighted by molar-refractivity contribution is -0.139. The van der Waals surface area contributed by atoms with E-state index in [-0.39, 0.29) is 23.6 Å². The van der Waals surface area contributed by atoms with E-state index in [2.05, 4.69) is 4.98 Å². The van der Waals surface area contributed by atoms with Crippen molar-refractivity contribution in [3.8, 4) is 5.75 Å². The second kappa shape index (κ2) is 8.56. The number of phenols is 1. The van der Waals surface area contributed by atoms with Gasteiger partial charge in [-0.1, -0.05) is 60.2 Å². The third-order valence-corrected chi connectivity index (χ3v) is 6.35. The van der Waals surface area contributed by atoms with Gasteiger partial charge in [-0.25, -0.2) is 0 Å². The molecule has 0 spiro atoms. The minimum atomic E-state index is -0.807. The van der Waals surface area contributed by atoms with Crippen LogP contribution in [0.5, 0.6) is 5.75 Å². The van der Waals surface area contributed by atoms with Gasteiger partial charge in [0.2, 0.25) is 0 Å². The number of aromatic nitrogens is 1. The number of aliphatic hydroxyl groups is 1. The van der Waals surface area contributed by atoms with Gasteiger partial charge in [-0.2, -0.15) is 0 Å². The molecule has 1 aliphatic heterocycles. The van der Waals surface area contributed by atoms with Crippen LogP contribution in [0.2, 0.25) is 0 Å². The summed E-state index contributed by atoms with van der Waals surface area (Å²) in [5.74, 6) is -1.59. The molecule has 2 heterocycles. The number of nitrogens with zero attached hydrogens (tertiary/aromatic N) is 1. The number of rotatable bonds is 5. The Hall–Kier alpha value is -4.32. The minimum Gasteiger partial charge on any atom is -0.508 e. The summed E-state index contributed by atoms with van der Waals surface area (Å²) in [4.78, 5) is 31.0. The van der Waals surface area contributed by atoms with Crippen LogP contribution in [0.15, 0.2) is 84.6 Å². The van der Waals surface area contributed by atoms with E-state index in [0.29, 0.717) is 17.5 Å². The fraction of sp³-hybridized carbons (Fsp3) is 0.143. The lowest BCUT2D eigenvalue weighted by Crippen LogP contribution is -2.31. The van der Waals surface area contributed by atoms with Crippen molar-refractivity contribution in [2.45, 2.75) is 19.4 Å². The largest absolute Gasteiger partial charge is 0.508 e. The molecule has 1 aliphatic rings. The molecule has 1 fully saturated rings. The zero-order valence-electron chi connectivity index (χ0n) is 18.7. The van der Waals surface area contributed by atoms with Gasteiger partial charge >= 0.3 is 0 Å². The summed E-state index contributed by atoms with van der Waals surface area (Å²) in [6.45, 7) is 2.21. The van der Waals surface area contributed by atoms with Gasteiger partial charge in [0.15, 0.2) is 0 Å². The molecule has 1 unspecified atom stereocenters. The average Bonchev–Trinajstić information content (AvgIpc) is 3.36. The van der Waals surface area contributed by atoms with E-state index in [0.717, 1.165) is 22.0 Å². The highest BCUT2D eigenvalue weighted by molar-refractivity contribution is 6.46. The van der Waals surface area contributed by atoms with E-state index in [9.17, 15) is 19.8 Å². The summed E-state index contributed by atoms with van der Waals surface area (Å²) in [7, 11) is 0. The first-order chi connectivity index (χ1) is 16.4. The molecule has 170 valence electrons. The van der Waals surface area contributed by atoms with Crippen LogP contribution in [0.3, 0.4) is 0 Å². The molecule has 6 heteroatoms. The Morgan fingerprint density at radius 1 is 1.00 bits per heavy atom. The van der Waals surface area contributed by atoms with E-state index in [4.69, 9.17) is 0 Å². The number of likely N-dealkylation sites (tertiary alicyclic amines) is 1. The van der Waals surface area contributed by atoms with Crippen molar-refractivity contribution in [2.24, 2.45) is 0 Å². The Labute approximate surface area is 196 Å². The van der Waals surface area contributed by atoms with Gasteiger partial charge in [-0.05, 0) is 42.7 Å². The molecule has 34 heavy (non-hydrogen) atoms. The number of H-pyrrole nitrogens is 1. The summed E-state index contributed by atoms with van der Waals surface area (Å²) in [6, 6.07) is 20.7. The van der Waals surface area contributed by atoms with Crippen molar-refractivity contribution in [1.82, 2.24) is 9.88 Å². The number of hydrogen-bond donors (Lipinski definition) is 3. The van der Waals surface area contributed by atoms with Gasteiger partial charge in [-0.3, -0.25) is 9.59 Å². The number of aromatic hydroxyl groups is 1. The Morgan fingerprint density at radius 2 is 1.76 bits per heavy atom. The van der Waals surface area contributed by atoms with Crippen LogP contribution in [0.25, 0.3) is 16.7 Å². The van der Waals surface area contributed by atoms with Crippen LogP contribution < -0.4 is 0 Å². The van der Waals surface area contributed by atoms with Crippen molar-refractivity contribution in [2.75, 3.05) is 6.54 Å². The van der Waals surface area contributed by atoms with Crippen LogP contribution >= 0.6 is 0 Å². The van der Waals surface area contributed by atoms with Gasteiger partial charge in [0.1, 0.15) is 11.5 Å². The van der Waals surface area contributed by atoms with E-state index >= 15 is 0 Å². The third kappa shape index (κ3) is 3.73. The van der Waals surface area contributed by atoms with E-state index in [1.54, 1.807) is 24.3 Å². The Bertz CT molecular complexity index is 1430. The smallest absolute Gasteiger partial charge is 0.295 e. The molecule has 1 aromatic heterocycles. The van der Waals surface area contributed by atoms with Crippen LogP contribution in [-0.2, 0) is 16.0 Å². The first-order valence-corrected chi connectivity index (χ1v) is 11.1. The normalized spacial score (nSPS) is 17.6. The second-order valence-corrected chi connectivity index (χ2v) is 8.56. The van der Waals surface area contributed by atoms with Crippen molar-refractivity contribution < 1.29 is 19.8 Å². The van der Waals surface area contributed by atoms with Gasteiger partial charge in [-0.15, -0.1) is 0 Å². The predicted octanol–water partition coefficient (Wildman–Crippen LogP) is 4.85. The minimum absolute atomic E-state index is 0.0232. The maximum Gasteiger partial charge on any atom is 0.295 e. The summed E-state index contributed by atoms with van der Waals surface area (Å²) < 4.78 is 0. The van der Waals surface area contributed by atoms with Gasteiger partial charge < -0.3 is 20.1 Å². The van der Waals surface area contributed by atoms with Crippen LogP contribution in [0, 0.1) is 6.92 Å². The number of phenolic OH excluding ortho intramolecular Hbond substituents is 1. The molecule has 1 atom stereocenters. The third-order valence-electron chi connectivity index (χ3n) is 6.35. The molecule has 0 saturated carbocycles. The number of nitrogens with one attached hydrogen (secondary N) is 1. The number of amides is 1. The summed E-state index contributed by atoms with van der Waals surface area (Å²) in [6.07, 6.45) is 2.44. The van der Waals surface area contributed by atoms with E-state index in [1.165, 1.54) is 17.0 Å². The molecule has 0 aliphatic carbocycles. The maximum atomic E-state index is 13.2. The molecule has 6 nitrogen and oxygen atoms in total. The fourth-order valence-electron chi connectivity index (χ4n) is 4.60. The highest BCUT2D eigenvalue weighted by atomic mass is 16.3. The van der Waals surface area contributed by atoms with E-state index in [1.807, 2.05) is 49.5 Å². The van der Waals surface area contributed by atoms with Crippen molar-refractivity contribution in [1.29, 1.82) is 0 Å². The zero-order chi connectivity index (χ0) is 23.8. The number of fused-ring (bicyclic) bond motifs is 1. The second-order valence-electron chi connectivity index (χ2n) is 8.56. The molecule has 1 amide bonds. The van der Waals surface area contributed by atoms with Gasteiger partial charge in [0.05, 0.1) is 11.6 Å². The molecule has 3 N–H and O–H groups in total. The van der Waals surface area contributed by atoms with Crippen molar-refractivity contribution in [3.63, 3.8) is 0 Å². The Kier molecular flexibility index (Phi) is 5.42. The van der Waals surface area contributed by atoms with Crippen LogP contribution in [-0.4, -0.2) is 38.3 Å². The quantitative estimate of drug-likeness (QED) is 0.229. The van der Waals surface area contributed by atoms with Crippen molar-refractivity contribution in [3.05, 3.63) is 107 Å². The monoisotopic (exact) mass is 452 g/mol. The van der Waals surface area contributed by atoms with Crippen LogP contribution in [0.1, 0.15) is 28.3 Å². The number of aliphatic hydroxyl groups excluding tert-OH is 1. The number of aryl methyl sites for hydroxylation is 1. The summed E-state index contributed by atoms with van der Waals surface area (Å²) in [5.41, 5.74) is 4.10. The number of carbonyl (C=O) groups excluding carboxylic acids is 2. The standard InChI is InChI=1S/C28H24N2O4/c1-17-9-11-18(12-10-17)26(32)24-25(19-5-4-6-21(31)15-19)30(28(34)27(24)33)14-13-20-16-29-23-8-3-2-7-22(20)23/h2-12,15-16,25,29,31-32H,13-14H2,1H3. The van der Waals surface area contributed by atoms with Crippen molar-refractivity contribution >= 4 is 28.4 Å². The number of Topliss-reactive ketones (excluding diaryl/α,β-unsaturated/α-hetero) is 1. The maximum absolute atomic E-state index is 13.2. The topological polar surface area (TPSA) is 93.6 Å². The molecule has 5 rings (SSSR count). The Balaban J connectivity index is 1.57. The highest BCUT2D eigenvalue weighted by Gasteiger charge is 2.46. The molecule has 1 saturated heterocycles. The number of benzene rings is 3. The molecule has 0 bridgehead atoms. The molecule has 3 aromatic carbocycles. The summed E-state index contributed by atoms with van der Waals surface area (Å²) in [5, 5.41) is 22.3. The number of carbonyl (C=O) groups is 2. The number of ketones is 1. The van der Waals surface area contributed by atoms with Gasteiger partial charge in [0.25, 0.3) is 11.7 Å².